The number of aryl methyl sites for hydroxylation is 3. The van der Waals surface area contributed by atoms with Crippen LogP contribution in [-0.2, 0) is 26.4 Å². The Bertz CT molecular complexity index is 567. The first-order valence-electron chi connectivity index (χ1n) is 6.39. The van der Waals surface area contributed by atoms with Gasteiger partial charge in [0.2, 0.25) is 0 Å². The van der Waals surface area contributed by atoms with Crippen LogP contribution in [0.4, 0.5) is 0 Å². The van der Waals surface area contributed by atoms with Gasteiger partial charge in [0.25, 0.3) is 0 Å². The summed E-state index contributed by atoms with van der Waals surface area (Å²) < 4.78 is 3.98. The van der Waals surface area contributed by atoms with E-state index in [9.17, 15) is 0 Å². The zero-order valence-electron chi connectivity index (χ0n) is 10.8. The third kappa shape index (κ3) is 1.73. The summed E-state index contributed by atoms with van der Waals surface area (Å²) >= 11 is 0. The summed E-state index contributed by atoms with van der Waals surface area (Å²) in [5.74, 6) is 1.95. The molecule has 0 saturated carbocycles. The second-order valence-electron chi connectivity index (χ2n) is 4.87. The molecule has 0 saturated heterocycles. The molecule has 0 spiro atoms. The van der Waals surface area contributed by atoms with Gasteiger partial charge in [-0.25, -0.2) is 0 Å². The molecule has 0 fully saturated rings. The van der Waals surface area contributed by atoms with Gasteiger partial charge < -0.3 is 10.3 Å². The van der Waals surface area contributed by atoms with Gasteiger partial charge in [0, 0.05) is 32.3 Å². The van der Waals surface area contributed by atoms with Crippen molar-refractivity contribution < 1.29 is 0 Å². The highest BCUT2D eigenvalue weighted by molar-refractivity contribution is 5.58. The molecule has 0 bridgehead atoms. The first-order valence-corrected chi connectivity index (χ1v) is 6.39. The predicted octanol–water partition coefficient (Wildman–Crippen LogP) is 0.515. The molecule has 18 heavy (non-hydrogen) atoms. The van der Waals surface area contributed by atoms with E-state index in [0.29, 0.717) is 0 Å². The minimum atomic E-state index is 0.203. The first kappa shape index (κ1) is 11.4. The minimum Gasteiger partial charge on any atom is -0.326 e. The highest BCUT2D eigenvalue weighted by Crippen LogP contribution is 2.25. The monoisotopic (exact) mass is 246 g/mol. The SMILES string of the molecule is CCc1nn(C)cc1-c1nnc2n1CC(N)CC2. The number of rotatable bonds is 2. The van der Waals surface area contributed by atoms with Crippen LogP contribution in [0.25, 0.3) is 11.4 Å². The van der Waals surface area contributed by atoms with Gasteiger partial charge in [0.15, 0.2) is 5.82 Å². The summed E-state index contributed by atoms with van der Waals surface area (Å²) in [6, 6.07) is 0.203. The van der Waals surface area contributed by atoms with Gasteiger partial charge in [-0.05, 0) is 12.8 Å². The number of hydrogen-bond donors (Lipinski definition) is 1. The van der Waals surface area contributed by atoms with Gasteiger partial charge in [0.05, 0.1) is 11.3 Å². The Morgan fingerprint density at radius 3 is 3.06 bits per heavy atom. The molecule has 3 heterocycles. The zero-order chi connectivity index (χ0) is 12.7. The first-order chi connectivity index (χ1) is 8.69. The molecule has 1 unspecified atom stereocenters. The van der Waals surface area contributed by atoms with E-state index in [2.05, 4.69) is 26.8 Å². The molecule has 0 aromatic carbocycles. The molecule has 0 aliphatic carbocycles. The van der Waals surface area contributed by atoms with Gasteiger partial charge in [-0.15, -0.1) is 10.2 Å². The molecule has 2 aromatic heterocycles. The molecular formula is C12H18N6. The van der Waals surface area contributed by atoms with E-state index in [1.165, 1.54) is 0 Å². The predicted molar refractivity (Wildman–Crippen MR) is 67.9 cm³/mol. The third-order valence-corrected chi connectivity index (χ3v) is 3.46. The van der Waals surface area contributed by atoms with Crippen LogP contribution in [0, 0.1) is 0 Å². The minimum absolute atomic E-state index is 0.203. The lowest BCUT2D eigenvalue weighted by Crippen LogP contribution is -2.32. The number of aromatic nitrogens is 5. The topological polar surface area (TPSA) is 74.5 Å². The normalized spacial score (nSPS) is 18.9. The van der Waals surface area contributed by atoms with Crippen molar-refractivity contribution in [2.75, 3.05) is 0 Å². The van der Waals surface area contributed by atoms with Gasteiger partial charge in [-0.3, -0.25) is 4.68 Å². The van der Waals surface area contributed by atoms with Crippen molar-refractivity contribution in [1.82, 2.24) is 24.5 Å². The van der Waals surface area contributed by atoms with E-state index in [1.807, 2.05) is 17.9 Å². The highest BCUT2D eigenvalue weighted by atomic mass is 15.3. The fraction of sp³-hybridized carbons (Fsp3) is 0.583. The lowest BCUT2D eigenvalue weighted by Gasteiger charge is -2.20. The van der Waals surface area contributed by atoms with E-state index in [0.717, 1.165) is 48.7 Å². The van der Waals surface area contributed by atoms with Crippen molar-refractivity contribution in [2.45, 2.75) is 38.8 Å². The summed E-state index contributed by atoms with van der Waals surface area (Å²) in [4.78, 5) is 0. The fourth-order valence-corrected chi connectivity index (χ4v) is 2.53. The van der Waals surface area contributed by atoms with Crippen molar-refractivity contribution in [3.63, 3.8) is 0 Å². The van der Waals surface area contributed by atoms with Crippen molar-refractivity contribution >= 4 is 0 Å². The smallest absolute Gasteiger partial charge is 0.167 e. The maximum absolute atomic E-state index is 6.03. The van der Waals surface area contributed by atoms with Crippen molar-refractivity contribution in [1.29, 1.82) is 0 Å². The Balaban J connectivity index is 2.09. The van der Waals surface area contributed by atoms with Crippen LogP contribution in [0.1, 0.15) is 24.9 Å². The molecule has 0 amide bonds. The molecule has 6 heteroatoms. The Hall–Kier alpha value is -1.69. The largest absolute Gasteiger partial charge is 0.326 e. The fourth-order valence-electron chi connectivity index (χ4n) is 2.53. The summed E-state index contributed by atoms with van der Waals surface area (Å²) in [5.41, 5.74) is 8.17. The molecular weight excluding hydrogens is 228 g/mol. The molecule has 1 aliphatic rings. The Kier molecular flexibility index (Phi) is 2.66. The van der Waals surface area contributed by atoms with E-state index in [4.69, 9.17) is 5.73 Å². The number of fused-ring (bicyclic) bond motifs is 1. The lowest BCUT2D eigenvalue weighted by molar-refractivity contribution is 0.456. The second kappa shape index (κ2) is 4.20. The molecule has 0 radical (unpaired) electrons. The third-order valence-electron chi connectivity index (χ3n) is 3.46. The number of nitrogens with zero attached hydrogens (tertiary/aromatic N) is 5. The van der Waals surface area contributed by atoms with Crippen molar-refractivity contribution in [2.24, 2.45) is 12.8 Å². The van der Waals surface area contributed by atoms with Crippen LogP contribution in [0.2, 0.25) is 0 Å². The number of nitrogens with two attached hydrogens (primary N) is 1. The van der Waals surface area contributed by atoms with Gasteiger partial charge >= 0.3 is 0 Å². The summed E-state index contributed by atoms with van der Waals surface area (Å²) in [5, 5.41) is 13.1. The Morgan fingerprint density at radius 2 is 2.28 bits per heavy atom. The van der Waals surface area contributed by atoms with Crippen LogP contribution in [0.5, 0.6) is 0 Å². The summed E-state index contributed by atoms with van der Waals surface area (Å²) in [7, 11) is 1.93. The molecule has 2 N–H and O–H groups in total. The van der Waals surface area contributed by atoms with Gasteiger partial charge in [-0.2, -0.15) is 5.10 Å². The second-order valence-corrected chi connectivity index (χ2v) is 4.87. The molecule has 96 valence electrons. The van der Waals surface area contributed by atoms with Crippen LogP contribution < -0.4 is 5.73 Å². The summed E-state index contributed by atoms with van der Waals surface area (Å²) in [6.07, 6.45) is 4.81. The van der Waals surface area contributed by atoms with Gasteiger partial charge in [-0.1, -0.05) is 6.92 Å². The van der Waals surface area contributed by atoms with E-state index in [-0.39, 0.29) is 6.04 Å². The standard InChI is InChI=1S/C12H18N6/c1-3-10-9(7-17(2)16-10)12-15-14-11-5-4-8(13)6-18(11)12/h7-8H,3-6,13H2,1-2H3. The van der Waals surface area contributed by atoms with Crippen LogP contribution >= 0.6 is 0 Å². The molecule has 3 rings (SSSR count). The van der Waals surface area contributed by atoms with Crippen LogP contribution in [-0.4, -0.2) is 30.6 Å². The van der Waals surface area contributed by atoms with Crippen LogP contribution in [0.15, 0.2) is 6.20 Å². The molecule has 2 aromatic rings. The Labute approximate surface area is 106 Å². The summed E-state index contributed by atoms with van der Waals surface area (Å²) in [6.45, 7) is 2.90. The van der Waals surface area contributed by atoms with Crippen molar-refractivity contribution in [3.8, 4) is 11.4 Å². The van der Waals surface area contributed by atoms with E-state index in [1.54, 1.807) is 0 Å². The maximum atomic E-state index is 6.03. The zero-order valence-corrected chi connectivity index (χ0v) is 10.8. The maximum Gasteiger partial charge on any atom is 0.167 e. The molecule has 1 atom stereocenters. The Morgan fingerprint density at radius 1 is 1.44 bits per heavy atom. The van der Waals surface area contributed by atoms with Gasteiger partial charge in [0.1, 0.15) is 5.82 Å². The highest BCUT2D eigenvalue weighted by Gasteiger charge is 2.23. The molecule has 6 nitrogen and oxygen atoms in total. The molecule has 1 aliphatic heterocycles. The lowest BCUT2D eigenvalue weighted by atomic mass is 10.1. The average Bonchev–Trinajstić information content (AvgIpc) is 2.91. The van der Waals surface area contributed by atoms with Crippen molar-refractivity contribution in [3.05, 3.63) is 17.7 Å². The van der Waals surface area contributed by atoms with Crippen LogP contribution in [0.3, 0.4) is 0 Å². The quantitative estimate of drug-likeness (QED) is 0.838. The van der Waals surface area contributed by atoms with E-state index < -0.39 is 0 Å². The average molecular weight is 246 g/mol. The van der Waals surface area contributed by atoms with E-state index >= 15 is 0 Å². The number of hydrogen-bond acceptors (Lipinski definition) is 4.